The van der Waals surface area contributed by atoms with Gasteiger partial charge in [0.1, 0.15) is 0 Å². The van der Waals surface area contributed by atoms with Gasteiger partial charge in [0.15, 0.2) is 0 Å². The first-order valence-corrected chi connectivity index (χ1v) is 8.15. The van der Waals surface area contributed by atoms with E-state index < -0.39 is 0 Å². The van der Waals surface area contributed by atoms with Crippen LogP contribution in [0.5, 0.6) is 0 Å². The molecule has 1 unspecified atom stereocenters. The first-order valence-electron chi connectivity index (χ1n) is 7.71. The van der Waals surface area contributed by atoms with Crippen molar-refractivity contribution in [2.45, 2.75) is 50.3 Å². The minimum atomic E-state index is -0.144. The Morgan fingerprint density at radius 2 is 1.90 bits per heavy atom. The molecule has 1 aliphatic carbocycles. The van der Waals surface area contributed by atoms with Gasteiger partial charge in [0.05, 0.1) is 5.38 Å². The molecule has 0 heterocycles. The van der Waals surface area contributed by atoms with E-state index in [-0.39, 0.29) is 11.3 Å². The molecular weight excluding hydrogens is 270 g/mol. The second-order valence-corrected chi connectivity index (χ2v) is 6.25. The van der Waals surface area contributed by atoms with E-state index in [1.807, 2.05) is 30.3 Å². The van der Waals surface area contributed by atoms with E-state index in [0.717, 1.165) is 17.9 Å². The zero-order valence-electron chi connectivity index (χ0n) is 12.0. The van der Waals surface area contributed by atoms with Crippen molar-refractivity contribution in [2.75, 3.05) is 6.54 Å². The molecule has 1 saturated carbocycles. The summed E-state index contributed by atoms with van der Waals surface area (Å²) in [5.41, 5.74) is 1.06. The second-order valence-electron chi connectivity index (χ2n) is 5.73. The smallest absolute Gasteiger partial charge is 0.220 e. The molecule has 3 heteroatoms. The molecule has 0 bridgehead atoms. The molecule has 20 heavy (non-hydrogen) atoms. The number of rotatable bonds is 6. The van der Waals surface area contributed by atoms with Gasteiger partial charge in [-0.3, -0.25) is 4.79 Å². The number of alkyl halides is 1. The lowest BCUT2D eigenvalue weighted by atomic mass is 9.86. The van der Waals surface area contributed by atoms with Crippen LogP contribution in [0.3, 0.4) is 0 Å². The maximum Gasteiger partial charge on any atom is 0.220 e. The summed E-state index contributed by atoms with van der Waals surface area (Å²) in [6.45, 7) is 0.509. The summed E-state index contributed by atoms with van der Waals surface area (Å²) in [5.74, 6) is 0.896. The fraction of sp³-hybridized carbons (Fsp3) is 0.588. The van der Waals surface area contributed by atoms with Crippen molar-refractivity contribution >= 4 is 17.5 Å². The zero-order valence-corrected chi connectivity index (χ0v) is 12.7. The Morgan fingerprint density at radius 3 is 2.60 bits per heavy atom. The van der Waals surface area contributed by atoms with Gasteiger partial charge in [-0.2, -0.15) is 0 Å². The highest BCUT2D eigenvalue weighted by Gasteiger charge is 2.15. The monoisotopic (exact) mass is 293 g/mol. The van der Waals surface area contributed by atoms with Gasteiger partial charge < -0.3 is 5.32 Å². The van der Waals surface area contributed by atoms with E-state index in [2.05, 4.69) is 5.32 Å². The Hall–Kier alpha value is -1.02. The van der Waals surface area contributed by atoms with E-state index in [1.54, 1.807) is 0 Å². The van der Waals surface area contributed by atoms with Gasteiger partial charge in [0.2, 0.25) is 5.91 Å². The lowest BCUT2D eigenvalue weighted by molar-refractivity contribution is -0.121. The van der Waals surface area contributed by atoms with Crippen molar-refractivity contribution in [3.8, 4) is 0 Å². The molecule has 1 atom stereocenters. The molecule has 110 valence electrons. The summed E-state index contributed by atoms with van der Waals surface area (Å²) in [4.78, 5) is 11.9. The van der Waals surface area contributed by atoms with Gasteiger partial charge in [0.25, 0.3) is 0 Å². The zero-order chi connectivity index (χ0) is 14.2. The average molecular weight is 294 g/mol. The molecule has 1 aromatic rings. The number of hydrogen-bond donors (Lipinski definition) is 1. The van der Waals surface area contributed by atoms with E-state index in [0.29, 0.717) is 13.0 Å². The first-order chi connectivity index (χ1) is 9.75. The maximum absolute atomic E-state index is 11.9. The number of benzene rings is 1. The van der Waals surface area contributed by atoms with Crippen LogP contribution in [0.1, 0.15) is 55.9 Å². The van der Waals surface area contributed by atoms with E-state index in [1.165, 1.54) is 32.1 Å². The first kappa shape index (κ1) is 15.4. The number of carbonyl (C=O) groups is 1. The highest BCUT2D eigenvalue weighted by molar-refractivity contribution is 6.21. The Morgan fingerprint density at radius 1 is 1.20 bits per heavy atom. The number of amides is 1. The predicted octanol–water partition coefficient (Wildman–Crippen LogP) is 4.44. The van der Waals surface area contributed by atoms with Gasteiger partial charge in [-0.05, 0) is 17.9 Å². The third-order valence-electron chi connectivity index (χ3n) is 4.14. The van der Waals surface area contributed by atoms with Crippen LogP contribution in [-0.4, -0.2) is 12.5 Å². The fourth-order valence-corrected chi connectivity index (χ4v) is 3.11. The van der Waals surface area contributed by atoms with E-state index in [4.69, 9.17) is 11.6 Å². The SMILES string of the molecule is O=C(CCC1CCCCC1)NCC(Cl)c1ccccc1. The van der Waals surface area contributed by atoms with Crippen LogP contribution < -0.4 is 5.32 Å². The minimum absolute atomic E-state index is 0.136. The molecule has 0 aromatic heterocycles. The number of halogens is 1. The fourth-order valence-electron chi connectivity index (χ4n) is 2.88. The number of hydrogen-bond acceptors (Lipinski definition) is 1. The van der Waals surface area contributed by atoms with Gasteiger partial charge in [-0.25, -0.2) is 0 Å². The quantitative estimate of drug-likeness (QED) is 0.772. The molecule has 1 N–H and O–H groups in total. The van der Waals surface area contributed by atoms with E-state index >= 15 is 0 Å². The highest BCUT2D eigenvalue weighted by Crippen LogP contribution is 2.27. The molecule has 1 aliphatic rings. The van der Waals surface area contributed by atoms with E-state index in [9.17, 15) is 4.79 Å². The third-order valence-corrected chi connectivity index (χ3v) is 4.55. The van der Waals surface area contributed by atoms with Crippen molar-refractivity contribution in [2.24, 2.45) is 5.92 Å². The summed E-state index contributed by atoms with van der Waals surface area (Å²) in [7, 11) is 0. The Kier molecular flexibility index (Phi) is 6.38. The Labute approximate surface area is 126 Å². The van der Waals surface area contributed by atoms with Crippen molar-refractivity contribution in [3.63, 3.8) is 0 Å². The minimum Gasteiger partial charge on any atom is -0.354 e. The van der Waals surface area contributed by atoms with Crippen LogP contribution in [0, 0.1) is 5.92 Å². The predicted molar refractivity (Wildman–Crippen MR) is 83.9 cm³/mol. The summed E-state index contributed by atoms with van der Waals surface area (Å²) in [6.07, 6.45) is 8.32. The third kappa shape index (κ3) is 5.16. The van der Waals surface area contributed by atoms with Crippen LogP contribution in [0.25, 0.3) is 0 Å². The maximum atomic E-state index is 11.9. The van der Waals surface area contributed by atoms with Gasteiger partial charge >= 0.3 is 0 Å². The largest absolute Gasteiger partial charge is 0.354 e. The highest BCUT2D eigenvalue weighted by atomic mass is 35.5. The molecular formula is C17H24ClNO. The van der Waals surface area contributed by atoms with Gasteiger partial charge in [0, 0.05) is 13.0 Å². The van der Waals surface area contributed by atoms with Gasteiger partial charge in [-0.1, -0.05) is 62.4 Å². The molecule has 0 saturated heterocycles. The summed E-state index contributed by atoms with van der Waals surface area (Å²) in [6, 6.07) is 9.89. The second kappa shape index (κ2) is 8.31. The summed E-state index contributed by atoms with van der Waals surface area (Å²) in [5, 5.41) is 2.81. The molecule has 0 spiro atoms. The molecule has 1 aromatic carbocycles. The standard InChI is InChI=1S/C17H24ClNO/c18-16(15-9-5-2-6-10-15)13-19-17(20)12-11-14-7-3-1-4-8-14/h2,5-6,9-10,14,16H,1,3-4,7-8,11-13H2,(H,19,20). The van der Waals surface area contributed by atoms with Crippen molar-refractivity contribution in [3.05, 3.63) is 35.9 Å². The molecule has 1 fully saturated rings. The van der Waals surface area contributed by atoms with Crippen molar-refractivity contribution in [1.82, 2.24) is 5.32 Å². The van der Waals surface area contributed by atoms with Crippen LogP contribution >= 0.6 is 11.6 Å². The molecule has 1 amide bonds. The van der Waals surface area contributed by atoms with Crippen LogP contribution in [0.4, 0.5) is 0 Å². The Bertz CT molecular complexity index is 401. The molecule has 0 radical (unpaired) electrons. The van der Waals surface area contributed by atoms with Crippen LogP contribution in [0.15, 0.2) is 30.3 Å². The van der Waals surface area contributed by atoms with Crippen LogP contribution in [0.2, 0.25) is 0 Å². The van der Waals surface area contributed by atoms with Crippen molar-refractivity contribution in [1.29, 1.82) is 0 Å². The lowest BCUT2D eigenvalue weighted by Crippen LogP contribution is -2.27. The van der Waals surface area contributed by atoms with Crippen LogP contribution in [-0.2, 0) is 4.79 Å². The average Bonchev–Trinajstić information content (AvgIpc) is 2.52. The Balaban J connectivity index is 1.64. The van der Waals surface area contributed by atoms with Gasteiger partial charge in [-0.15, -0.1) is 11.6 Å². The lowest BCUT2D eigenvalue weighted by Gasteiger charge is -2.21. The number of nitrogens with one attached hydrogen (secondary N) is 1. The normalized spacial score (nSPS) is 17.6. The summed E-state index contributed by atoms with van der Waals surface area (Å²) >= 11 is 6.28. The van der Waals surface area contributed by atoms with Crippen molar-refractivity contribution < 1.29 is 4.79 Å². The molecule has 2 rings (SSSR count). The topological polar surface area (TPSA) is 29.1 Å². The molecule has 0 aliphatic heterocycles. The summed E-state index contributed by atoms with van der Waals surface area (Å²) < 4.78 is 0. The number of carbonyl (C=O) groups excluding carboxylic acids is 1. The molecule has 2 nitrogen and oxygen atoms in total.